The summed E-state index contributed by atoms with van der Waals surface area (Å²) in [6, 6.07) is 11.5. The van der Waals surface area contributed by atoms with E-state index in [9.17, 15) is 4.79 Å². The van der Waals surface area contributed by atoms with Gasteiger partial charge < -0.3 is 5.32 Å². The van der Waals surface area contributed by atoms with Crippen molar-refractivity contribution in [2.24, 2.45) is 0 Å². The first-order valence-corrected chi connectivity index (χ1v) is 9.53. The van der Waals surface area contributed by atoms with Gasteiger partial charge in [0.15, 0.2) is 17.3 Å². The Morgan fingerprint density at radius 3 is 2.48 bits per heavy atom. The number of carbonyl (C=O) groups is 1. The van der Waals surface area contributed by atoms with Crippen LogP contribution in [0.25, 0.3) is 11.5 Å². The number of nitrogens with one attached hydrogen (secondary N) is 1. The van der Waals surface area contributed by atoms with Crippen LogP contribution in [0.5, 0.6) is 0 Å². The second kappa shape index (κ2) is 7.46. The standard InChI is InChI=1S/C21H23N7O/c1-13-5-7-17(8-6-13)22-21(29)12-9-18-14(2)25-27(15(18)3)20-11-10-19-24-23-16(4)28(19)26-20/h5-8,10-11H,9,12H2,1-4H3,(H,22,29). The number of benzene rings is 1. The first kappa shape index (κ1) is 18.8. The number of carbonyl (C=O) groups excluding carboxylic acids is 1. The topological polar surface area (TPSA) is 90.0 Å². The van der Waals surface area contributed by atoms with Gasteiger partial charge in [-0.05, 0) is 63.9 Å². The lowest BCUT2D eigenvalue weighted by Gasteiger charge is -2.07. The molecule has 8 nitrogen and oxygen atoms in total. The van der Waals surface area contributed by atoms with Crippen molar-refractivity contribution < 1.29 is 4.79 Å². The minimum absolute atomic E-state index is 0.0138. The Bertz CT molecular complexity index is 1190. The highest BCUT2D eigenvalue weighted by Gasteiger charge is 2.16. The molecule has 8 heteroatoms. The molecule has 0 radical (unpaired) electrons. The van der Waals surface area contributed by atoms with Crippen LogP contribution in [0.15, 0.2) is 36.4 Å². The van der Waals surface area contributed by atoms with Gasteiger partial charge in [0.1, 0.15) is 0 Å². The van der Waals surface area contributed by atoms with Crippen molar-refractivity contribution in [3.63, 3.8) is 0 Å². The summed E-state index contributed by atoms with van der Waals surface area (Å²) >= 11 is 0. The zero-order valence-corrected chi connectivity index (χ0v) is 17.0. The molecule has 4 aromatic rings. The molecule has 0 fully saturated rings. The number of aryl methyl sites for hydroxylation is 3. The van der Waals surface area contributed by atoms with Crippen LogP contribution in [-0.4, -0.2) is 35.5 Å². The van der Waals surface area contributed by atoms with Crippen LogP contribution >= 0.6 is 0 Å². The molecule has 0 atom stereocenters. The van der Waals surface area contributed by atoms with E-state index in [-0.39, 0.29) is 5.91 Å². The van der Waals surface area contributed by atoms with Crippen molar-refractivity contribution in [1.82, 2.24) is 29.6 Å². The molecule has 0 bridgehead atoms. The summed E-state index contributed by atoms with van der Waals surface area (Å²) < 4.78 is 3.50. The molecule has 0 saturated carbocycles. The van der Waals surface area contributed by atoms with Crippen molar-refractivity contribution in [3.8, 4) is 5.82 Å². The highest BCUT2D eigenvalue weighted by atomic mass is 16.1. The Balaban J connectivity index is 1.51. The fourth-order valence-electron chi connectivity index (χ4n) is 3.36. The van der Waals surface area contributed by atoms with Crippen LogP contribution in [0.4, 0.5) is 5.69 Å². The molecule has 1 aromatic carbocycles. The fraction of sp³-hybridized carbons (Fsp3) is 0.286. The molecular formula is C21H23N7O. The first-order chi connectivity index (χ1) is 13.9. The maximum atomic E-state index is 12.4. The van der Waals surface area contributed by atoms with Gasteiger partial charge >= 0.3 is 0 Å². The molecule has 1 N–H and O–H groups in total. The van der Waals surface area contributed by atoms with Gasteiger partial charge in [0.2, 0.25) is 5.91 Å². The van der Waals surface area contributed by atoms with Gasteiger partial charge in [-0.2, -0.15) is 9.61 Å². The molecule has 0 aliphatic rings. The molecule has 0 unspecified atom stereocenters. The third-order valence-electron chi connectivity index (χ3n) is 5.00. The lowest BCUT2D eigenvalue weighted by Crippen LogP contribution is -2.12. The van der Waals surface area contributed by atoms with Crippen molar-refractivity contribution in [2.45, 2.75) is 40.5 Å². The molecule has 148 valence electrons. The zero-order chi connectivity index (χ0) is 20.5. The number of anilines is 1. The highest BCUT2D eigenvalue weighted by Crippen LogP contribution is 2.19. The average molecular weight is 389 g/mol. The van der Waals surface area contributed by atoms with Gasteiger partial charge in [-0.3, -0.25) is 4.79 Å². The highest BCUT2D eigenvalue weighted by molar-refractivity contribution is 5.90. The van der Waals surface area contributed by atoms with Gasteiger partial charge in [-0.25, -0.2) is 4.68 Å². The minimum atomic E-state index is -0.0138. The van der Waals surface area contributed by atoms with E-state index in [2.05, 4.69) is 25.7 Å². The van der Waals surface area contributed by atoms with Gasteiger partial charge in [0.05, 0.1) is 5.69 Å². The molecule has 3 aromatic heterocycles. The summed E-state index contributed by atoms with van der Waals surface area (Å²) in [7, 11) is 0. The lowest BCUT2D eigenvalue weighted by atomic mass is 10.1. The summed E-state index contributed by atoms with van der Waals surface area (Å²) in [6.07, 6.45) is 1.00. The van der Waals surface area contributed by atoms with Crippen molar-refractivity contribution in [3.05, 3.63) is 64.7 Å². The van der Waals surface area contributed by atoms with E-state index in [0.29, 0.717) is 24.3 Å². The summed E-state index contributed by atoms with van der Waals surface area (Å²) in [5, 5.41) is 20.3. The maximum Gasteiger partial charge on any atom is 0.224 e. The van der Waals surface area contributed by atoms with Crippen LogP contribution in [0.2, 0.25) is 0 Å². The van der Waals surface area contributed by atoms with E-state index in [1.807, 2.05) is 64.1 Å². The largest absolute Gasteiger partial charge is 0.326 e. The summed E-state index contributed by atoms with van der Waals surface area (Å²) in [6.45, 7) is 7.83. The molecule has 0 aliphatic carbocycles. The van der Waals surface area contributed by atoms with Crippen LogP contribution in [0.1, 0.15) is 34.8 Å². The number of amides is 1. The second-order valence-corrected chi connectivity index (χ2v) is 7.18. The van der Waals surface area contributed by atoms with E-state index in [4.69, 9.17) is 0 Å². The Kier molecular flexibility index (Phi) is 4.84. The predicted octanol–water partition coefficient (Wildman–Crippen LogP) is 3.11. The van der Waals surface area contributed by atoms with E-state index in [1.165, 1.54) is 0 Å². The Labute approximate surface area is 168 Å². The van der Waals surface area contributed by atoms with Gasteiger partial charge in [-0.15, -0.1) is 15.3 Å². The Morgan fingerprint density at radius 2 is 1.72 bits per heavy atom. The molecular weight excluding hydrogens is 366 g/mol. The monoisotopic (exact) mass is 389 g/mol. The number of nitrogens with zero attached hydrogens (tertiary/aromatic N) is 6. The summed E-state index contributed by atoms with van der Waals surface area (Å²) in [5.41, 5.74) is 5.60. The van der Waals surface area contributed by atoms with Crippen LogP contribution in [0.3, 0.4) is 0 Å². The first-order valence-electron chi connectivity index (χ1n) is 9.53. The molecule has 0 spiro atoms. The molecule has 4 rings (SSSR count). The number of hydrogen-bond donors (Lipinski definition) is 1. The van der Waals surface area contributed by atoms with Gasteiger partial charge in [-0.1, -0.05) is 17.7 Å². The molecule has 0 aliphatic heterocycles. The normalized spacial score (nSPS) is 11.2. The van der Waals surface area contributed by atoms with Crippen LogP contribution in [-0.2, 0) is 11.2 Å². The lowest BCUT2D eigenvalue weighted by molar-refractivity contribution is -0.116. The van der Waals surface area contributed by atoms with Crippen molar-refractivity contribution in [1.29, 1.82) is 0 Å². The van der Waals surface area contributed by atoms with Gasteiger partial charge in [0, 0.05) is 17.8 Å². The Morgan fingerprint density at radius 1 is 0.966 bits per heavy atom. The van der Waals surface area contributed by atoms with Gasteiger partial charge in [0.25, 0.3) is 0 Å². The zero-order valence-electron chi connectivity index (χ0n) is 17.0. The third kappa shape index (κ3) is 3.73. The predicted molar refractivity (Wildman–Crippen MR) is 110 cm³/mol. The van der Waals surface area contributed by atoms with E-state index >= 15 is 0 Å². The van der Waals surface area contributed by atoms with E-state index in [1.54, 1.807) is 9.20 Å². The third-order valence-corrected chi connectivity index (χ3v) is 5.00. The minimum Gasteiger partial charge on any atom is -0.326 e. The van der Waals surface area contributed by atoms with E-state index < -0.39 is 0 Å². The number of fused-ring (bicyclic) bond motifs is 1. The second-order valence-electron chi connectivity index (χ2n) is 7.18. The molecule has 1 amide bonds. The quantitative estimate of drug-likeness (QED) is 0.566. The van der Waals surface area contributed by atoms with Crippen molar-refractivity contribution >= 4 is 17.2 Å². The van der Waals surface area contributed by atoms with Crippen LogP contribution in [0, 0.1) is 27.7 Å². The number of rotatable bonds is 5. The van der Waals surface area contributed by atoms with Crippen LogP contribution < -0.4 is 5.32 Å². The summed E-state index contributed by atoms with van der Waals surface area (Å²) in [4.78, 5) is 12.4. The molecule has 3 heterocycles. The maximum absolute atomic E-state index is 12.4. The van der Waals surface area contributed by atoms with E-state index in [0.717, 1.165) is 34.0 Å². The smallest absolute Gasteiger partial charge is 0.224 e. The average Bonchev–Trinajstić information content (AvgIpc) is 3.21. The Hall–Kier alpha value is -3.55. The number of aromatic nitrogens is 6. The molecule has 0 saturated heterocycles. The summed E-state index contributed by atoms with van der Waals surface area (Å²) in [5.74, 6) is 1.40. The fourth-order valence-corrected chi connectivity index (χ4v) is 3.36. The number of hydrogen-bond acceptors (Lipinski definition) is 5. The van der Waals surface area contributed by atoms with Crippen molar-refractivity contribution in [2.75, 3.05) is 5.32 Å². The SMILES string of the molecule is Cc1ccc(NC(=O)CCc2c(C)nn(-c3ccc4nnc(C)n4n3)c2C)cc1. The molecule has 29 heavy (non-hydrogen) atoms.